The molecule has 0 aliphatic rings. The number of benzene rings is 2. The van der Waals surface area contributed by atoms with Crippen LogP contribution in [0.5, 0.6) is 0 Å². The molecule has 2 aromatic rings. The van der Waals surface area contributed by atoms with E-state index < -0.39 is 11.6 Å². The van der Waals surface area contributed by atoms with Gasteiger partial charge in [-0.25, -0.2) is 8.78 Å². The van der Waals surface area contributed by atoms with Crippen LogP contribution in [0.3, 0.4) is 0 Å². The molecule has 2 aromatic carbocycles. The predicted molar refractivity (Wildman–Crippen MR) is 72.8 cm³/mol. The van der Waals surface area contributed by atoms with Gasteiger partial charge in [0.15, 0.2) is 0 Å². The van der Waals surface area contributed by atoms with Gasteiger partial charge in [-0.2, -0.15) is 0 Å². The Labute approximate surface area is 115 Å². The van der Waals surface area contributed by atoms with Crippen molar-refractivity contribution in [1.82, 2.24) is 5.32 Å². The van der Waals surface area contributed by atoms with E-state index in [4.69, 9.17) is 5.73 Å². The van der Waals surface area contributed by atoms with Crippen molar-refractivity contribution in [2.75, 3.05) is 5.73 Å². The van der Waals surface area contributed by atoms with Crippen molar-refractivity contribution in [2.24, 2.45) is 0 Å². The summed E-state index contributed by atoms with van der Waals surface area (Å²) in [5.41, 5.74) is 7.26. The van der Waals surface area contributed by atoms with Crippen LogP contribution < -0.4 is 11.1 Å². The van der Waals surface area contributed by atoms with Gasteiger partial charge in [0.2, 0.25) is 5.91 Å². The van der Waals surface area contributed by atoms with Gasteiger partial charge in [0.25, 0.3) is 0 Å². The number of hydrogen-bond donors (Lipinski definition) is 2. The quantitative estimate of drug-likeness (QED) is 0.843. The fourth-order valence-electron chi connectivity index (χ4n) is 1.74. The van der Waals surface area contributed by atoms with Gasteiger partial charge in [-0.3, -0.25) is 4.79 Å². The highest BCUT2D eigenvalue weighted by Gasteiger charge is 2.08. The summed E-state index contributed by atoms with van der Waals surface area (Å²) >= 11 is 0. The lowest BCUT2D eigenvalue weighted by Crippen LogP contribution is -2.24. The van der Waals surface area contributed by atoms with Gasteiger partial charge in [-0.1, -0.05) is 18.2 Å². The molecule has 0 aromatic heterocycles. The van der Waals surface area contributed by atoms with Crippen molar-refractivity contribution >= 4 is 11.6 Å². The molecule has 1 amide bonds. The first-order valence-electron chi connectivity index (χ1n) is 6.09. The van der Waals surface area contributed by atoms with E-state index in [0.717, 1.165) is 17.7 Å². The third kappa shape index (κ3) is 3.78. The van der Waals surface area contributed by atoms with Gasteiger partial charge in [-0.05, 0) is 29.3 Å². The Morgan fingerprint density at radius 2 is 1.80 bits per heavy atom. The monoisotopic (exact) mass is 276 g/mol. The molecular weight excluding hydrogens is 262 g/mol. The van der Waals surface area contributed by atoms with Crippen molar-refractivity contribution in [3.05, 3.63) is 65.2 Å². The SMILES string of the molecule is Nc1ccc(CNC(=O)Cc2ccc(F)cc2F)cc1. The normalized spacial score (nSPS) is 10.3. The number of nitrogen functional groups attached to an aromatic ring is 1. The van der Waals surface area contributed by atoms with Crippen LogP contribution in [-0.2, 0) is 17.8 Å². The van der Waals surface area contributed by atoms with Crippen LogP contribution in [0.1, 0.15) is 11.1 Å². The summed E-state index contributed by atoms with van der Waals surface area (Å²) in [6.07, 6.45) is -0.124. The van der Waals surface area contributed by atoms with E-state index in [2.05, 4.69) is 5.32 Å². The number of nitrogens with one attached hydrogen (secondary N) is 1. The average molecular weight is 276 g/mol. The molecule has 2 rings (SSSR count). The molecule has 0 fully saturated rings. The van der Waals surface area contributed by atoms with E-state index in [1.54, 1.807) is 24.3 Å². The lowest BCUT2D eigenvalue weighted by Gasteiger charge is -2.06. The summed E-state index contributed by atoms with van der Waals surface area (Å²) in [7, 11) is 0. The Kier molecular flexibility index (Phi) is 4.30. The number of anilines is 1. The molecule has 20 heavy (non-hydrogen) atoms. The van der Waals surface area contributed by atoms with E-state index in [-0.39, 0.29) is 17.9 Å². The first-order valence-corrected chi connectivity index (χ1v) is 6.09. The van der Waals surface area contributed by atoms with Gasteiger partial charge in [0.05, 0.1) is 6.42 Å². The maximum atomic E-state index is 13.4. The van der Waals surface area contributed by atoms with E-state index >= 15 is 0 Å². The van der Waals surface area contributed by atoms with Crippen LogP contribution in [0, 0.1) is 11.6 Å². The third-order valence-electron chi connectivity index (χ3n) is 2.84. The summed E-state index contributed by atoms with van der Waals surface area (Å²) in [5, 5.41) is 2.67. The number of halogens is 2. The molecule has 0 aliphatic carbocycles. The van der Waals surface area contributed by atoms with Gasteiger partial charge in [0.1, 0.15) is 11.6 Å². The lowest BCUT2D eigenvalue weighted by atomic mass is 10.1. The molecule has 0 saturated heterocycles. The van der Waals surface area contributed by atoms with Crippen LogP contribution in [0.15, 0.2) is 42.5 Å². The average Bonchev–Trinajstić information content (AvgIpc) is 2.41. The highest BCUT2D eigenvalue weighted by Crippen LogP contribution is 2.10. The smallest absolute Gasteiger partial charge is 0.224 e. The molecule has 0 aliphatic heterocycles. The zero-order valence-corrected chi connectivity index (χ0v) is 10.7. The first kappa shape index (κ1) is 14.0. The summed E-state index contributed by atoms with van der Waals surface area (Å²) in [5.74, 6) is -1.70. The molecule has 0 saturated carbocycles. The summed E-state index contributed by atoms with van der Waals surface area (Å²) in [6.45, 7) is 0.335. The van der Waals surface area contributed by atoms with Gasteiger partial charge >= 0.3 is 0 Å². The minimum atomic E-state index is -0.715. The number of carbonyl (C=O) groups is 1. The number of amides is 1. The highest BCUT2D eigenvalue weighted by molar-refractivity contribution is 5.78. The van der Waals surface area contributed by atoms with Crippen LogP contribution in [0.4, 0.5) is 14.5 Å². The molecule has 0 bridgehead atoms. The standard InChI is InChI=1S/C15H14F2N2O/c16-12-4-3-11(14(17)8-12)7-15(20)19-9-10-1-5-13(18)6-2-10/h1-6,8H,7,9,18H2,(H,19,20). The first-order chi connectivity index (χ1) is 9.54. The van der Waals surface area contributed by atoms with Gasteiger partial charge in [-0.15, -0.1) is 0 Å². The fourth-order valence-corrected chi connectivity index (χ4v) is 1.74. The van der Waals surface area contributed by atoms with Crippen molar-refractivity contribution in [3.8, 4) is 0 Å². The summed E-state index contributed by atoms with van der Waals surface area (Å²) in [4.78, 5) is 11.7. The Morgan fingerprint density at radius 3 is 2.45 bits per heavy atom. The van der Waals surface area contributed by atoms with Crippen LogP contribution in [0.25, 0.3) is 0 Å². The molecule has 3 N–H and O–H groups in total. The third-order valence-corrected chi connectivity index (χ3v) is 2.84. The lowest BCUT2D eigenvalue weighted by molar-refractivity contribution is -0.120. The zero-order valence-electron chi connectivity index (χ0n) is 10.7. The fraction of sp³-hybridized carbons (Fsp3) is 0.133. The molecule has 3 nitrogen and oxygen atoms in total. The zero-order chi connectivity index (χ0) is 14.5. The molecule has 104 valence electrons. The van der Waals surface area contributed by atoms with Crippen molar-refractivity contribution in [2.45, 2.75) is 13.0 Å². The van der Waals surface area contributed by atoms with Crippen molar-refractivity contribution in [3.63, 3.8) is 0 Å². The molecule has 0 heterocycles. The van der Waals surface area contributed by atoms with E-state index in [1.807, 2.05) is 0 Å². The minimum Gasteiger partial charge on any atom is -0.399 e. The number of carbonyl (C=O) groups excluding carboxylic acids is 1. The van der Waals surface area contributed by atoms with Crippen LogP contribution >= 0.6 is 0 Å². The van der Waals surface area contributed by atoms with Crippen molar-refractivity contribution < 1.29 is 13.6 Å². The van der Waals surface area contributed by atoms with Crippen molar-refractivity contribution in [1.29, 1.82) is 0 Å². The summed E-state index contributed by atoms with van der Waals surface area (Å²) < 4.78 is 26.1. The van der Waals surface area contributed by atoms with Crippen LogP contribution in [-0.4, -0.2) is 5.91 Å². The topological polar surface area (TPSA) is 55.1 Å². The van der Waals surface area contributed by atoms with Crippen LogP contribution in [0.2, 0.25) is 0 Å². The van der Waals surface area contributed by atoms with Gasteiger partial charge < -0.3 is 11.1 Å². The summed E-state index contributed by atoms with van der Waals surface area (Å²) in [6, 6.07) is 10.2. The predicted octanol–water partition coefficient (Wildman–Crippen LogP) is 2.41. The molecular formula is C15H14F2N2O. The maximum absolute atomic E-state index is 13.4. The second-order valence-corrected chi connectivity index (χ2v) is 4.43. The number of rotatable bonds is 4. The number of hydrogen-bond acceptors (Lipinski definition) is 2. The number of nitrogens with two attached hydrogens (primary N) is 1. The Morgan fingerprint density at radius 1 is 1.10 bits per heavy atom. The molecule has 0 spiro atoms. The molecule has 0 unspecified atom stereocenters. The second-order valence-electron chi connectivity index (χ2n) is 4.43. The molecule has 5 heteroatoms. The molecule has 0 radical (unpaired) electrons. The largest absolute Gasteiger partial charge is 0.399 e. The minimum absolute atomic E-state index is 0.124. The second kappa shape index (κ2) is 6.14. The van der Waals surface area contributed by atoms with E-state index in [1.165, 1.54) is 6.07 Å². The molecule has 0 atom stereocenters. The highest BCUT2D eigenvalue weighted by atomic mass is 19.1. The maximum Gasteiger partial charge on any atom is 0.224 e. The van der Waals surface area contributed by atoms with E-state index in [0.29, 0.717) is 12.2 Å². The Bertz CT molecular complexity index is 612. The van der Waals surface area contributed by atoms with E-state index in [9.17, 15) is 13.6 Å². The Hall–Kier alpha value is -2.43. The Balaban J connectivity index is 1.90. The van der Waals surface area contributed by atoms with Gasteiger partial charge in [0, 0.05) is 18.3 Å².